The van der Waals surface area contributed by atoms with Gasteiger partial charge in [-0.3, -0.25) is 14.3 Å². The lowest BCUT2D eigenvalue weighted by Crippen LogP contribution is -2.07. The Morgan fingerprint density at radius 1 is 1.25 bits per heavy atom. The lowest BCUT2D eigenvalue weighted by Gasteiger charge is -1.98. The van der Waals surface area contributed by atoms with E-state index in [1.54, 1.807) is 35.3 Å². The summed E-state index contributed by atoms with van der Waals surface area (Å²) in [7, 11) is 0. The van der Waals surface area contributed by atoms with Gasteiger partial charge in [0.2, 0.25) is 5.91 Å². The van der Waals surface area contributed by atoms with Gasteiger partial charge in [0.05, 0.1) is 18.4 Å². The molecule has 0 aliphatic rings. The molecule has 0 aliphatic carbocycles. The van der Waals surface area contributed by atoms with Crippen molar-refractivity contribution < 1.29 is 14.0 Å². The van der Waals surface area contributed by atoms with Crippen LogP contribution in [0.1, 0.15) is 28.8 Å². The van der Waals surface area contributed by atoms with Crippen LogP contribution in [0.4, 0.5) is 5.69 Å². The van der Waals surface area contributed by atoms with E-state index in [1.807, 2.05) is 30.5 Å². The van der Waals surface area contributed by atoms with Crippen molar-refractivity contribution in [3.05, 3.63) is 78.1 Å². The van der Waals surface area contributed by atoms with Crippen molar-refractivity contribution in [3.63, 3.8) is 0 Å². The summed E-state index contributed by atoms with van der Waals surface area (Å²) in [5.41, 5.74) is 2.54. The molecule has 0 atom stereocenters. The predicted octanol–water partition coefficient (Wildman–Crippen LogP) is 3.86. The Morgan fingerprint density at radius 2 is 2.11 bits per heavy atom. The molecule has 140 valence electrons. The lowest BCUT2D eigenvalue weighted by atomic mass is 10.1. The quantitative estimate of drug-likeness (QED) is 0.396. The van der Waals surface area contributed by atoms with Crippen molar-refractivity contribution in [1.82, 2.24) is 14.8 Å². The van der Waals surface area contributed by atoms with Crippen molar-refractivity contribution in [3.8, 4) is 0 Å². The zero-order chi connectivity index (χ0) is 19.5. The molecule has 7 nitrogen and oxygen atoms in total. The predicted molar refractivity (Wildman–Crippen MR) is 106 cm³/mol. The number of aromatic nitrogens is 3. The zero-order valence-corrected chi connectivity index (χ0v) is 15.2. The van der Waals surface area contributed by atoms with Crippen LogP contribution in [-0.2, 0) is 11.3 Å². The van der Waals surface area contributed by atoms with Crippen molar-refractivity contribution in [2.45, 2.75) is 13.5 Å². The molecule has 0 radical (unpaired) electrons. The molecule has 4 rings (SSSR count). The minimum Gasteiger partial charge on any atom is -0.456 e. The summed E-state index contributed by atoms with van der Waals surface area (Å²) >= 11 is 0. The fraction of sp³-hybridized carbons (Fsp3) is 0.0952. The van der Waals surface area contributed by atoms with Gasteiger partial charge in [-0.05, 0) is 29.8 Å². The van der Waals surface area contributed by atoms with Crippen molar-refractivity contribution >= 4 is 34.4 Å². The van der Waals surface area contributed by atoms with Crippen LogP contribution in [0, 0.1) is 0 Å². The standard InChI is InChI=1S/C21H18N4O3/c1-14(26)20-8-7-17(28-20)13-25-12-16(11-23-25)24-21(27)9-6-15-10-22-19-5-3-2-4-18(15)19/h2-12,22H,13H2,1H3,(H,24,27). The monoisotopic (exact) mass is 374 g/mol. The molecule has 28 heavy (non-hydrogen) atoms. The molecule has 0 unspecified atom stereocenters. The second-order valence-corrected chi connectivity index (χ2v) is 6.36. The second-order valence-electron chi connectivity index (χ2n) is 6.36. The van der Waals surface area contributed by atoms with E-state index in [4.69, 9.17) is 4.42 Å². The van der Waals surface area contributed by atoms with Crippen molar-refractivity contribution in [2.24, 2.45) is 0 Å². The summed E-state index contributed by atoms with van der Waals surface area (Å²) in [6, 6.07) is 11.3. The van der Waals surface area contributed by atoms with Crippen molar-refractivity contribution in [2.75, 3.05) is 5.32 Å². The topological polar surface area (TPSA) is 92.9 Å². The highest BCUT2D eigenvalue weighted by Crippen LogP contribution is 2.19. The van der Waals surface area contributed by atoms with E-state index in [-0.39, 0.29) is 11.7 Å². The molecule has 3 aromatic heterocycles. The molecular formula is C21H18N4O3. The number of anilines is 1. The first-order valence-corrected chi connectivity index (χ1v) is 8.76. The second kappa shape index (κ2) is 7.40. The maximum Gasteiger partial charge on any atom is 0.248 e. The summed E-state index contributed by atoms with van der Waals surface area (Å²) in [5.74, 6) is 0.562. The van der Waals surface area contributed by atoms with Gasteiger partial charge in [-0.2, -0.15) is 5.10 Å². The van der Waals surface area contributed by atoms with Gasteiger partial charge in [0, 0.05) is 36.3 Å². The van der Waals surface area contributed by atoms with Gasteiger partial charge in [-0.1, -0.05) is 18.2 Å². The Hall–Kier alpha value is -3.87. The number of amides is 1. The number of hydrogen-bond acceptors (Lipinski definition) is 4. The lowest BCUT2D eigenvalue weighted by molar-refractivity contribution is -0.111. The highest BCUT2D eigenvalue weighted by molar-refractivity contribution is 6.03. The molecule has 0 aliphatic heterocycles. The molecule has 0 saturated heterocycles. The summed E-state index contributed by atoms with van der Waals surface area (Å²) in [6.45, 7) is 1.82. The molecule has 2 N–H and O–H groups in total. The number of carbonyl (C=O) groups excluding carboxylic acids is 2. The molecule has 0 bridgehead atoms. The fourth-order valence-corrected chi connectivity index (χ4v) is 2.91. The van der Waals surface area contributed by atoms with Crippen LogP contribution in [0.5, 0.6) is 0 Å². The van der Waals surface area contributed by atoms with Crippen LogP contribution < -0.4 is 5.32 Å². The third-order valence-corrected chi connectivity index (χ3v) is 4.26. The average molecular weight is 374 g/mol. The van der Waals surface area contributed by atoms with Gasteiger partial charge in [0.1, 0.15) is 5.76 Å². The molecule has 1 amide bonds. The van der Waals surface area contributed by atoms with E-state index >= 15 is 0 Å². The number of H-pyrrole nitrogens is 1. The number of ketones is 1. The van der Waals surface area contributed by atoms with Crippen LogP contribution in [0.25, 0.3) is 17.0 Å². The summed E-state index contributed by atoms with van der Waals surface area (Å²) in [4.78, 5) is 26.6. The van der Waals surface area contributed by atoms with Crippen molar-refractivity contribution in [1.29, 1.82) is 0 Å². The minimum atomic E-state index is -0.248. The van der Waals surface area contributed by atoms with Gasteiger partial charge >= 0.3 is 0 Å². The van der Waals surface area contributed by atoms with E-state index in [9.17, 15) is 9.59 Å². The van der Waals surface area contributed by atoms with E-state index in [0.29, 0.717) is 23.8 Å². The average Bonchev–Trinajstić information content (AvgIpc) is 3.40. The molecule has 1 aromatic carbocycles. The minimum absolute atomic E-state index is 0.123. The molecule has 0 fully saturated rings. The summed E-state index contributed by atoms with van der Waals surface area (Å²) in [6.07, 6.45) is 8.38. The first kappa shape index (κ1) is 17.5. The van der Waals surface area contributed by atoms with Crippen LogP contribution >= 0.6 is 0 Å². The Morgan fingerprint density at radius 3 is 2.93 bits per heavy atom. The third-order valence-electron chi connectivity index (χ3n) is 4.26. The summed E-state index contributed by atoms with van der Waals surface area (Å²) < 4.78 is 7.07. The molecule has 3 heterocycles. The van der Waals surface area contributed by atoms with Gasteiger partial charge in [0.15, 0.2) is 11.5 Å². The normalized spacial score (nSPS) is 11.3. The maximum absolute atomic E-state index is 12.2. The Kier molecular flexibility index (Phi) is 4.63. The summed E-state index contributed by atoms with van der Waals surface area (Å²) in [5, 5.41) is 8.03. The number of aromatic amines is 1. The van der Waals surface area contributed by atoms with Gasteiger partial charge < -0.3 is 14.7 Å². The highest BCUT2D eigenvalue weighted by Gasteiger charge is 2.08. The first-order chi connectivity index (χ1) is 13.6. The van der Waals surface area contributed by atoms with Crippen LogP contribution in [0.15, 0.2) is 65.5 Å². The van der Waals surface area contributed by atoms with Gasteiger partial charge in [0.25, 0.3) is 0 Å². The molecule has 0 saturated carbocycles. The van der Waals surface area contributed by atoms with Crippen LogP contribution in [0.3, 0.4) is 0 Å². The largest absolute Gasteiger partial charge is 0.456 e. The number of rotatable bonds is 6. The van der Waals surface area contributed by atoms with Crippen LogP contribution in [-0.4, -0.2) is 26.5 Å². The number of carbonyl (C=O) groups is 2. The number of benzene rings is 1. The van der Waals surface area contributed by atoms with E-state index in [0.717, 1.165) is 16.5 Å². The SMILES string of the molecule is CC(=O)c1ccc(Cn2cc(NC(=O)C=Cc3c[nH]c4ccccc34)cn2)o1. The Bertz CT molecular complexity index is 1180. The Balaban J connectivity index is 1.39. The smallest absolute Gasteiger partial charge is 0.248 e. The van der Waals surface area contributed by atoms with Gasteiger partial charge in [-0.15, -0.1) is 0 Å². The molecule has 7 heteroatoms. The molecule has 0 spiro atoms. The van der Waals surface area contributed by atoms with Crippen LogP contribution in [0.2, 0.25) is 0 Å². The fourth-order valence-electron chi connectivity index (χ4n) is 2.91. The third kappa shape index (κ3) is 3.78. The number of fused-ring (bicyclic) bond motifs is 1. The van der Waals surface area contributed by atoms with E-state index < -0.39 is 0 Å². The highest BCUT2D eigenvalue weighted by atomic mass is 16.3. The number of furan rings is 1. The molecular weight excluding hydrogens is 356 g/mol. The Labute approximate surface area is 160 Å². The van der Waals surface area contributed by atoms with E-state index in [1.165, 1.54) is 13.0 Å². The van der Waals surface area contributed by atoms with Gasteiger partial charge in [-0.25, -0.2) is 0 Å². The number of nitrogens with one attached hydrogen (secondary N) is 2. The number of Topliss-reactive ketones (excluding diaryl/α,β-unsaturated/α-hetero) is 1. The first-order valence-electron chi connectivity index (χ1n) is 8.76. The maximum atomic E-state index is 12.2. The number of nitrogens with zero attached hydrogens (tertiary/aromatic N) is 2. The number of para-hydroxylation sites is 1. The van der Waals surface area contributed by atoms with E-state index in [2.05, 4.69) is 15.4 Å². The molecule has 4 aromatic rings. The number of hydrogen-bond donors (Lipinski definition) is 2. The zero-order valence-electron chi connectivity index (χ0n) is 15.2.